The SMILES string of the molecule is COc1ccc(N(CCCC(=O)NCc2cccc(OC(C)C)c2)S(C)(=O)=O)cc1Cl. The standard InChI is InChI=1S/C22H29ClN2O5S/c1-16(2)30-19-8-5-7-17(13-19)15-24-22(26)9-6-12-25(31(4,27)28)18-10-11-21(29-3)20(23)14-18/h5,7-8,10-11,13-14,16H,6,9,12,15H2,1-4H3,(H,24,26). The van der Waals surface area contributed by atoms with Crippen LogP contribution >= 0.6 is 11.6 Å². The van der Waals surface area contributed by atoms with Crippen LogP contribution in [0, 0.1) is 0 Å². The molecule has 0 radical (unpaired) electrons. The molecule has 0 heterocycles. The van der Waals surface area contributed by atoms with E-state index in [0.29, 0.717) is 29.4 Å². The summed E-state index contributed by atoms with van der Waals surface area (Å²) in [6, 6.07) is 12.3. The Hall–Kier alpha value is -2.45. The minimum atomic E-state index is -3.53. The van der Waals surface area contributed by atoms with Crippen molar-refractivity contribution in [2.45, 2.75) is 39.3 Å². The molecule has 1 amide bonds. The fourth-order valence-electron chi connectivity index (χ4n) is 2.97. The Labute approximate surface area is 189 Å². The molecule has 0 aliphatic heterocycles. The van der Waals surface area contributed by atoms with Gasteiger partial charge < -0.3 is 14.8 Å². The highest BCUT2D eigenvalue weighted by Gasteiger charge is 2.19. The number of halogens is 1. The summed E-state index contributed by atoms with van der Waals surface area (Å²) < 4.78 is 36.5. The molecule has 31 heavy (non-hydrogen) atoms. The maximum Gasteiger partial charge on any atom is 0.232 e. The van der Waals surface area contributed by atoms with Gasteiger partial charge in [-0.05, 0) is 56.2 Å². The molecule has 2 aromatic carbocycles. The molecule has 0 fully saturated rings. The number of carbonyl (C=O) groups excluding carboxylic acids is 1. The summed E-state index contributed by atoms with van der Waals surface area (Å²) in [7, 11) is -2.05. The van der Waals surface area contributed by atoms with Gasteiger partial charge in [0, 0.05) is 19.5 Å². The van der Waals surface area contributed by atoms with Gasteiger partial charge in [-0.1, -0.05) is 23.7 Å². The highest BCUT2D eigenvalue weighted by molar-refractivity contribution is 7.92. The van der Waals surface area contributed by atoms with Gasteiger partial charge in [0.05, 0.1) is 30.2 Å². The molecule has 1 N–H and O–H groups in total. The van der Waals surface area contributed by atoms with Crippen LogP contribution in [0.5, 0.6) is 11.5 Å². The molecule has 2 aromatic rings. The number of nitrogens with one attached hydrogen (secondary N) is 1. The molecule has 0 unspecified atom stereocenters. The first-order valence-corrected chi connectivity index (χ1v) is 12.2. The third-order valence-corrected chi connectivity index (χ3v) is 5.84. The van der Waals surface area contributed by atoms with Crippen LogP contribution in [0.3, 0.4) is 0 Å². The number of hydrogen-bond acceptors (Lipinski definition) is 5. The normalized spacial score (nSPS) is 11.3. The molecule has 0 aromatic heterocycles. The van der Waals surface area contributed by atoms with Crippen LogP contribution in [-0.4, -0.2) is 40.3 Å². The minimum absolute atomic E-state index is 0.0724. The lowest BCUT2D eigenvalue weighted by Gasteiger charge is -2.23. The van der Waals surface area contributed by atoms with Gasteiger partial charge in [-0.3, -0.25) is 9.10 Å². The van der Waals surface area contributed by atoms with Crippen molar-refractivity contribution < 1.29 is 22.7 Å². The molecular weight excluding hydrogens is 440 g/mol. The summed E-state index contributed by atoms with van der Waals surface area (Å²) in [5.41, 5.74) is 1.35. The lowest BCUT2D eigenvalue weighted by atomic mass is 10.2. The van der Waals surface area contributed by atoms with E-state index in [2.05, 4.69) is 5.32 Å². The van der Waals surface area contributed by atoms with E-state index in [-0.39, 0.29) is 25.0 Å². The third kappa shape index (κ3) is 7.95. The largest absolute Gasteiger partial charge is 0.495 e. The van der Waals surface area contributed by atoms with E-state index in [0.717, 1.165) is 17.6 Å². The number of ether oxygens (including phenoxy) is 2. The Bertz CT molecular complexity index is 995. The fraction of sp³-hybridized carbons (Fsp3) is 0.409. The fourth-order valence-corrected chi connectivity index (χ4v) is 4.18. The topological polar surface area (TPSA) is 84.9 Å². The summed E-state index contributed by atoms with van der Waals surface area (Å²) in [6.45, 7) is 4.44. The van der Waals surface area contributed by atoms with Crippen LogP contribution in [0.4, 0.5) is 5.69 Å². The van der Waals surface area contributed by atoms with Gasteiger partial charge in [0.1, 0.15) is 11.5 Å². The zero-order valence-corrected chi connectivity index (χ0v) is 19.8. The van der Waals surface area contributed by atoms with Crippen LogP contribution in [-0.2, 0) is 21.4 Å². The summed E-state index contributed by atoms with van der Waals surface area (Å²) in [5, 5.41) is 3.17. The second kappa shape index (κ2) is 11.2. The van der Waals surface area contributed by atoms with Gasteiger partial charge in [-0.15, -0.1) is 0 Å². The van der Waals surface area contributed by atoms with E-state index in [9.17, 15) is 13.2 Å². The quantitative estimate of drug-likeness (QED) is 0.538. The van der Waals surface area contributed by atoms with Gasteiger partial charge >= 0.3 is 0 Å². The van der Waals surface area contributed by atoms with Gasteiger partial charge in [0.15, 0.2) is 0 Å². The van der Waals surface area contributed by atoms with Crippen molar-refractivity contribution in [1.82, 2.24) is 5.32 Å². The average molecular weight is 469 g/mol. The van der Waals surface area contributed by atoms with Crippen molar-refractivity contribution in [3.8, 4) is 11.5 Å². The van der Waals surface area contributed by atoms with Crippen molar-refractivity contribution in [2.24, 2.45) is 0 Å². The number of rotatable bonds is 11. The second-order valence-corrected chi connectivity index (χ2v) is 9.66. The molecule has 0 atom stereocenters. The van der Waals surface area contributed by atoms with E-state index in [1.165, 1.54) is 17.5 Å². The number of nitrogens with zero attached hydrogens (tertiary/aromatic N) is 1. The average Bonchev–Trinajstić information content (AvgIpc) is 2.68. The molecule has 170 valence electrons. The van der Waals surface area contributed by atoms with Crippen LogP contribution in [0.15, 0.2) is 42.5 Å². The number of benzene rings is 2. The number of hydrogen-bond donors (Lipinski definition) is 1. The Morgan fingerprint density at radius 3 is 2.55 bits per heavy atom. The Balaban J connectivity index is 1.91. The number of methoxy groups -OCH3 is 1. The first kappa shape index (κ1) is 24.8. The van der Waals surface area contributed by atoms with Gasteiger partial charge in [-0.2, -0.15) is 0 Å². The van der Waals surface area contributed by atoms with Crippen molar-refractivity contribution >= 4 is 33.2 Å². The van der Waals surface area contributed by atoms with Crippen molar-refractivity contribution in [3.63, 3.8) is 0 Å². The Morgan fingerprint density at radius 1 is 1.19 bits per heavy atom. The lowest BCUT2D eigenvalue weighted by molar-refractivity contribution is -0.121. The number of amides is 1. The molecule has 2 rings (SSSR count). The minimum Gasteiger partial charge on any atom is -0.495 e. The zero-order chi connectivity index (χ0) is 23.0. The van der Waals surface area contributed by atoms with Crippen molar-refractivity contribution in [3.05, 3.63) is 53.1 Å². The van der Waals surface area contributed by atoms with E-state index in [1.54, 1.807) is 12.1 Å². The van der Waals surface area contributed by atoms with E-state index >= 15 is 0 Å². The summed E-state index contributed by atoms with van der Waals surface area (Å²) in [6.07, 6.45) is 1.75. The second-order valence-electron chi connectivity index (χ2n) is 7.35. The molecule has 7 nitrogen and oxygen atoms in total. The number of sulfonamides is 1. The van der Waals surface area contributed by atoms with Crippen LogP contribution < -0.4 is 19.1 Å². The van der Waals surface area contributed by atoms with Crippen molar-refractivity contribution in [1.29, 1.82) is 0 Å². The number of carbonyl (C=O) groups is 1. The maximum atomic E-state index is 12.2. The highest BCUT2D eigenvalue weighted by Crippen LogP contribution is 2.30. The van der Waals surface area contributed by atoms with Crippen LogP contribution in [0.1, 0.15) is 32.3 Å². The van der Waals surface area contributed by atoms with Gasteiger partial charge in [0.25, 0.3) is 0 Å². The molecule has 0 bridgehead atoms. The Morgan fingerprint density at radius 2 is 1.94 bits per heavy atom. The predicted octanol–water partition coefficient (Wildman–Crippen LogP) is 4.00. The molecule has 0 aliphatic rings. The van der Waals surface area contributed by atoms with E-state index < -0.39 is 10.0 Å². The molecule has 0 aliphatic carbocycles. The Kier molecular flexibility index (Phi) is 9.00. The molecule has 0 spiro atoms. The monoisotopic (exact) mass is 468 g/mol. The van der Waals surface area contributed by atoms with Crippen molar-refractivity contribution in [2.75, 3.05) is 24.2 Å². The van der Waals surface area contributed by atoms with Crippen LogP contribution in [0.2, 0.25) is 5.02 Å². The van der Waals surface area contributed by atoms with Crippen LogP contribution in [0.25, 0.3) is 0 Å². The molecule has 9 heteroatoms. The van der Waals surface area contributed by atoms with E-state index in [1.807, 2.05) is 38.1 Å². The maximum absolute atomic E-state index is 12.2. The summed E-state index contributed by atoms with van der Waals surface area (Å²) >= 11 is 6.13. The first-order valence-electron chi connectivity index (χ1n) is 9.93. The number of anilines is 1. The smallest absolute Gasteiger partial charge is 0.232 e. The highest BCUT2D eigenvalue weighted by atomic mass is 35.5. The van der Waals surface area contributed by atoms with Gasteiger partial charge in [-0.25, -0.2) is 8.42 Å². The third-order valence-electron chi connectivity index (χ3n) is 4.35. The summed E-state index contributed by atoms with van der Waals surface area (Å²) in [5.74, 6) is 1.06. The predicted molar refractivity (Wildman–Crippen MR) is 123 cm³/mol. The summed E-state index contributed by atoms with van der Waals surface area (Å²) in [4.78, 5) is 12.2. The molecule has 0 saturated carbocycles. The first-order chi connectivity index (χ1) is 14.6. The van der Waals surface area contributed by atoms with E-state index in [4.69, 9.17) is 21.1 Å². The molecule has 0 saturated heterocycles. The zero-order valence-electron chi connectivity index (χ0n) is 18.2. The van der Waals surface area contributed by atoms with Gasteiger partial charge in [0.2, 0.25) is 15.9 Å². The molecular formula is C22H29ClN2O5S. The lowest BCUT2D eigenvalue weighted by Crippen LogP contribution is -2.32.